The Labute approximate surface area is 114 Å². The highest BCUT2D eigenvalue weighted by Gasteiger charge is 2.27. The molecule has 0 fully saturated rings. The molecule has 0 saturated carbocycles. The lowest BCUT2D eigenvalue weighted by Crippen LogP contribution is -2.32. The van der Waals surface area contributed by atoms with Crippen LogP contribution in [0.1, 0.15) is 45.7 Å². The zero-order valence-electron chi connectivity index (χ0n) is 11.8. The van der Waals surface area contributed by atoms with Crippen molar-refractivity contribution in [1.29, 1.82) is 0 Å². The van der Waals surface area contributed by atoms with Crippen molar-refractivity contribution in [1.82, 2.24) is 5.32 Å². The maximum Gasteiger partial charge on any atom is 0.0390 e. The van der Waals surface area contributed by atoms with Crippen molar-refractivity contribution in [2.75, 3.05) is 6.54 Å². The largest absolute Gasteiger partial charge is 0.309 e. The van der Waals surface area contributed by atoms with E-state index in [1.807, 2.05) is 11.3 Å². The predicted molar refractivity (Wildman–Crippen MR) is 82.3 cm³/mol. The Bertz CT molecular complexity index is 507. The number of nitrogens with one attached hydrogen (secondary N) is 1. The van der Waals surface area contributed by atoms with E-state index in [2.05, 4.69) is 62.7 Å². The fraction of sp³-hybridized carbons (Fsp3) is 0.500. The van der Waals surface area contributed by atoms with Gasteiger partial charge in [-0.05, 0) is 40.8 Å². The fourth-order valence-electron chi connectivity index (χ4n) is 2.41. The Kier molecular flexibility index (Phi) is 4.08. The predicted octanol–water partition coefficient (Wildman–Crippen LogP) is 4.99. The van der Waals surface area contributed by atoms with Crippen molar-refractivity contribution in [3.8, 4) is 0 Å². The standard InChI is InChI=1S/C16H23NS/c1-5-10-17-15(16(2,3)4)13-8-6-7-12-9-11-18-14(12)13/h6-9,11,15,17H,5,10H2,1-4H3. The van der Waals surface area contributed by atoms with Crippen molar-refractivity contribution in [2.24, 2.45) is 5.41 Å². The van der Waals surface area contributed by atoms with Crippen molar-refractivity contribution in [3.05, 3.63) is 35.2 Å². The zero-order chi connectivity index (χ0) is 13.2. The Balaban J connectivity index is 2.44. The quantitative estimate of drug-likeness (QED) is 0.817. The van der Waals surface area contributed by atoms with E-state index >= 15 is 0 Å². The van der Waals surface area contributed by atoms with Crippen LogP contribution in [0, 0.1) is 5.41 Å². The summed E-state index contributed by atoms with van der Waals surface area (Å²) in [6.07, 6.45) is 1.17. The summed E-state index contributed by atoms with van der Waals surface area (Å²) in [6.45, 7) is 10.2. The molecular formula is C16H23NS. The molecule has 18 heavy (non-hydrogen) atoms. The third-order valence-corrected chi connectivity index (χ3v) is 4.26. The fourth-order valence-corrected chi connectivity index (χ4v) is 3.36. The number of hydrogen-bond acceptors (Lipinski definition) is 2. The SMILES string of the molecule is CCCNC(c1cccc2ccsc12)C(C)(C)C. The number of thiophene rings is 1. The number of rotatable bonds is 4. The highest BCUT2D eigenvalue weighted by atomic mass is 32.1. The van der Waals surface area contributed by atoms with Crippen LogP contribution in [0.2, 0.25) is 0 Å². The normalized spacial score (nSPS) is 14.0. The van der Waals surface area contributed by atoms with Gasteiger partial charge in [-0.25, -0.2) is 0 Å². The van der Waals surface area contributed by atoms with E-state index in [0.717, 1.165) is 6.54 Å². The minimum atomic E-state index is 0.230. The van der Waals surface area contributed by atoms with Crippen LogP contribution >= 0.6 is 11.3 Å². The Hall–Kier alpha value is -0.860. The number of benzene rings is 1. The maximum absolute atomic E-state index is 3.71. The molecular weight excluding hydrogens is 238 g/mol. The van der Waals surface area contributed by atoms with Crippen LogP contribution in [-0.4, -0.2) is 6.54 Å². The summed E-state index contributed by atoms with van der Waals surface area (Å²) < 4.78 is 1.43. The first kappa shape index (κ1) is 13.6. The Morgan fingerprint density at radius 3 is 2.67 bits per heavy atom. The Morgan fingerprint density at radius 1 is 1.22 bits per heavy atom. The van der Waals surface area contributed by atoms with Crippen molar-refractivity contribution >= 4 is 21.4 Å². The molecule has 1 heterocycles. The van der Waals surface area contributed by atoms with Gasteiger partial charge < -0.3 is 5.32 Å². The topological polar surface area (TPSA) is 12.0 Å². The second kappa shape index (κ2) is 5.41. The molecule has 0 radical (unpaired) electrons. The van der Waals surface area contributed by atoms with Gasteiger partial charge in [0.1, 0.15) is 0 Å². The van der Waals surface area contributed by atoms with E-state index in [9.17, 15) is 0 Å². The first-order valence-corrected chi connectivity index (χ1v) is 7.61. The van der Waals surface area contributed by atoms with Gasteiger partial charge in [0.25, 0.3) is 0 Å². The first-order valence-electron chi connectivity index (χ1n) is 6.73. The van der Waals surface area contributed by atoms with Gasteiger partial charge in [0.15, 0.2) is 0 Å². The average molecular weight is 261 g/mol. The maximum atomic E-state index is 3.71. The Morgan fingerprint density at radius 2 is 2.00 bits per heavy atom. The van der Waals surface area contributed by atoms with Gasteiger partial charge >= 0.3 is 0 Å². The molecule has 0 spiro atoms. The molecule has 98 valence electrons. The van der Waals surface area contributed by atoms with E-state index in [-0.39, 0.29) is 5.41 Å². The van der Waals surface area contributed by atoms with Crippen LogP contribution in [0.5, 0.6) is 0 Å². The minimum Gasteiger partial charge on any atom is -0.309 e. The summed E-state index contributed by atoms with van der Waals surface area (Å²) >= 11 is 1.85. The lowest BCUT2D eigenvalue weighted by molar-refractivity contribution is 0.275. The van der Waals surface area contributed by atoms with E-state index < -0.39 is 0 Å². The molecule has 1 nitrogen and oxygen atoms in total. The van der Waals surface area contributed by atoms with Gasteiger partial charge in [-0.2, -0.15) is 0 Å². The van der Waals surface area contributed by atoms with E-state index in [1.54, 1.807) is 0 Å². The molecule has 1 atom stereocenters. The smallest absolute Gasteiger partial charge is 0.0390 e. The molecule has 1 aromatic carbocycles. The van der Waals surface area contributed by atoms with E-state index in [4.69, 9.17) is 0 Å². The molecule has 0 amide bonds. The van der Waals surface area contributed by atoms with Gasteiger partial charge in [-0.3, -0.25) is 0 Å². The molecule has 2 heteroatoms. The van der Waals surface area contributed by atoms with Crippen LogP contribution in [-0.2, 0) is 0 Å². The third kappa shape index (κ3) is 2.76. The van der Waals surface area contributed by atoms with Gasteiger partial charge in [-0.15, -0.1) is 11.3 Å². The second-order valence-corrected chi connectivity index (χ2v) is 6.86. The summed E-state index contributed by atoms with van der Waals surface area (Å²) in [6, 6.07) is 9.28. The van der Waals surface area contributed by atoms with E-state index in [1.165, 1.54) is 22.1 Å². The van der Waals surface area contributed by atoms with Crippen LogP contribution in [0.15, 0.2) is 29.6 Å². The lowest BCUT2D eigenvalue weighted by atomic mass is 9.82. The number of fused-ring (bicyclic) bond motifs is 1. The molecule has 2 rings (SSSR count). The van der Waals surface area contributed by atoms with Gasteiger partial charge in [0, 0.05) is 10.7 Å². The molecule has 1 unspecified atom stereocenters. The highest BCUT2D eigenvalue weighted by molar-refractivity contribution is 7.17. The minimum absolute atomic E-state index is 0.230. The summed E-state index contributed by atoms with van der Waals surface area (Å²) in [5.74, 6) is 0. The molecule has 0 aliphatic rings. The summed E-state index contributed by atoms with van der Waals surface area (Å²) in [5.41, 5.74) is 1.68. The van der Waals surface area contributed by atoms with Crippen molar-refractivity contribution < 1.29 is 0 Å². The molecule has 0 aliphatic carbocycles. The molecule has 0 aliphatic heterocycles. The summed E-state index contributed by atoms with van der Waals surface area (Å²) in [5, 5.41) is 7.27. The molecule has 0 bridgehead atoms. The van der Waals surface area contributed by atoms with Crippen LogP contribution < -0.4 is 5.32 Å². The van der Waals surface area contributed by atoms with Crippen molar-refractivity contribution in [2.45, 2.75) is 40.2 Å². The first-order chi connectivity index (χ1) is 8.54. The second-order valence-electron chi connectivity index (χ2n) is 5.94. The van der Waals surface area contributed by atoms with Gasteiger partial charge in [0.05, 0.1) is 0 Å². The monoisotopic (exact) mass is 261 g/mol. The zero-order valence-corrected chi connectivity index (χ0v) is 12.6. The molecule has 2 aromatic rings. The molecule has 0 saturated heterocycles. The summed E-state index contributed by atoms with van der Waals surface area (Å²) in [4.78, 5) is 0. The number of hydrogen-bond donors (Lipinski definition) is 1. The van der Waals surface area contributed by atoms with Crippen LogP contribution in [0.4, 0.5) is 0 Å². The highest BCUT2D eigenvalue weighted by Crippen LogP contribution is 2.38. The van der Waals surface area contributed by atoms with Crippen LogP contribution in [0.25, 0.3) is 10.1 Å². The average Bonchev–Trinajstić information content (AvgIpc) is 2.76. The van der Waals surface area contributed by atoms with Gasteiger partial charge in [-0.1, -0.05) is 45.9 Å². The van der Waals surface area contributed by atoms with Gasteiger partial charge in [0.2, 0.25) is 0 Å². The third-order valence-electron chi connectivity index (χ3n) is 3.28. The van der Waals surface area contributed by atoms with E-state index in [0.29, 0.717) is 6.04 Å². The molecule has 1 N–H and O–H groups in total. The van der Waals surface area contributed by atoms with Crippen LogP contribution in [0.3, 0.4) is 0 Å². The summed E-state index contributed by atoms with van der Waals surface area (Å²) in [7, 11) is 0. The molecule has 1 aromatic heterocycles. The lowest BCUT2D eigenvalue weighted by Gasteiger charge is -2.32. The van der Waals surface area contributed by atoms with Crippen molar-refractivity contribution in [3.63, 3.8) is 0 Å².